The van der Waals surface area contributed by atoms with Gasteiger partial charge in [0.2, 0.25) is 0 Å². The van der Waals surface area contributed by atoms with Crippen LogP contribution in [0.3, 0.4) is 0 Å². The molecule has 0 atom stereocenters. The fourth-order valence-electron chi connectivity index (χ4n) is 1.60. The zero-order chi connectivity index (χ0) is 13.5. The molecule has 0 spiro atoms. The summed E-state index contributed by atoms with van der Waals surface area (Å²) in [6, 6.07) is 13.0. The van der Waals surface area contributed by atoms with Gasteiger partial charge in [-0.2, -0.15) is 0 Å². The summed E-state index contributed by atoms with van der Waals surface area (Å²) in [5, 5.41) is 3.67. The van der Waals surface area contributed by atoms with Crippen LogP contribution >= 0.6 is 11.8 Å². The summed E-state index contributed by atoms with van der Waals surface area (Å²) in [7, 11) is 0. The second-order valence-corrected chi connectivity index (χ2v) is 5.11. The van der Waals surface area contributed by atoms with Crippen molar-refractivity contribution in [3.63, 3.8) is 0 Å². The molecule has 19 heavy (non-hydrogen) atoms. The molecule has 2 aromatic rings. The second kappa shape index (κ2) is 6.95. The van der Waals surface area contributed by atoms with Gasteiger partial charge in [0, 0.05) is 11.9 Å². The lowest BCUT2D eigenvalue weighted by atomic mass is 10.2. The molecule has 1 aromatic carbocycles. The van der Waals surface area contributed by atoms with E-state index in [1.165, 1.54) is 0 Å². The van der Waals surface area contributed by atoms with Crippen molar-refractivity contribution < 1.29 is 4.79 Å². The molecule has 0 radical (unpaired) electrons. The lowest BCUT2D eigenvalue weighted by molar-refractivity contribution is 0.102. The Morgan fingerprint density at radius 1 is 1.21 bits per heavy atom. The Labute approximate surface area is 117 Å². The van der Waals surface area contributed by atoms with Crippen LogP contribution < -0.4 is 5.32 Å². The molecule has 4 heteroatoms. The fourth-order valence-corrected chi connectivity index (χ4v) is 2.45. The van der Waals surface area contributed by atoms with Crippen LogP contribution in [0.1, 0.15) is 23.7 Å². The van der Waals surface area contributed by atoms with Crippen molar-refractivity contribution in [1.82, 2.24) is 4.98 Å². The highest BCUT2D eigenvalue weighted by Gasteiger charge is 2.12. The Morgan fingerprint density at radius 3 is 2.74 bits per heavy atom. The molecular formula is C15H16N2OS. The smallest absolute Gasteiger partial charge is 0.258 e. The summed E-state index contributed by atoms with van der Waals surface area (Å²) in [5.41, 5.74) is 1.42. The van der Waals surface area contributed by atoms with Gasteiger partial charge >= 0.3 is 0 Å². The van der Waals surface area contributed by atoms with E-state index in [0.717, 1.165) is 22.9 Å². The molecule has 0 aliphatic heterocycles. The van der Waals surface area contributed by atoms with Crippen LogP contribution in [0, 0.1) is 0 Å². The number of carbonyl (C=O) groups excluding carboxylic acids is 1. The topological polar surface area (TPSA) is 42.0 Å². The summed E-state index contributed by atoms with van der Waals surface area (Å²) >= 11 is 1.61. The zero-order valence-corrected chi connectivity index (χ0v) is 11.6. The van der Waals surface area contributed by atoms with Gasteiger partial charge in [0.05, 0.1) is 5.56 Å². The highest BCUT2D eigenvalue weighted by atomic mass is 32.2. The number of pyridine rings is 1. The van der Waals surface area contributed by atoms with Crippen molar-refractivity contribution in [1.29, 1.82) is 0 Å². The van der Waals surface area contributed by atoms with E-state index in [1.54, 1.807) is 24.0 Å². The molecule has 0 bridgehead atoms. The number of benzene rings is 1. The number of anilines is 1. The molecule has 1 amide bonds. The Balaban J connectivity index is 2.14. The van der Waals surface area contributed by atoms with E-state index in [4.69, 9.17) is 0 Å². The van der Waals surface area contributed by atoms with Crippen LogP contribution in [0.2, 0.25) is 0 Å². The van der Waals surface area contributed by atoms with E-state index in [1.807, 2.05) is 36.4 Å². The van der Waals surface area contributed by atoms with Crippen LogP contribution in [0.15, 0.2) is 53.7 Å². The number of carbonyl (C=O) groups is 1. The Kier molecular flexibility index (Phi) is 4.98. The first kappa shape index (κ1) is 13.6. The van der Waals surface area contributed by atoms with Gasteiger partial charge in [-0.1, -0.05) is 25.1 Å². The number of thioether (sulfide) groups is 1. The molecule has 0 aliphatic rings. The van der Waals surface area contributed by atoms with Crippen molar-refractivity contribution >= 4 is 23.4 Å². The van der Waals surface area contributed by atoms with Crippen LogP contribution in [0.4, 0.5) is 5.69 Å². The Bertz CT molecular complexity index is 543. The monoisotopic (exact) mass is 272 g/mol. The van der Waals surface area contributed by atoms with E-state index in [9.17, 15) is 4.79 Å². The van der Waals surface area contributed by atoms with Crippen LogP contribution in [0.5, 0.6) is 0 Å². The van der Waals surface area contributed by atoms with Crippen molar-refractivity contribution in [2.24, 2.45) is 0 Å². The van der Waals surface area contributed by atoms with Crippen molar-refractivity contribution in [3.8, 4) is 0 Å². The quantitative estimate of drug-likeness (QED) is 0.841. The molecule has 98 valence electrons. The van der Waals surface area contributed by atoms with E-state index < -0.39 is 0 Å². The normalized spacial score (nSPS) is 10.2. The number of nitrogens with one attached hydrogen (secondary N) is 1. The number of para-hydroxylation sites is 1. The first-order valence-corrected chi connectivity index (χ1v) is 7.24. The number of aromatic nitrogens is 1. The van der Waals surface area contributed by atoms with Crippen molar-refractivity contribution in [2.45, 2.75) is 18.4 Å². The van der Waals surface area contributed by atoms with Gasteiger partial charge in [-0.3, -0.25) is 4.79 Å². The average Bonchev–Trinajstić information content (AvgIpc) is 2.46. The molecule has 0 unspecified atom stereocenters. The summed E-state index contributed by atoms with van der Waals surface area (Å²) in [6.45, 7) is 2.11. The van der Waals surface area contributed by atoms with Gasteiger partial charge in [0.25, 0.3) is 5.91 Å². The summed E-state index contributed by atoms with van der Waals surface area (Å²) in [4.78, 5) is 16.5. The van der Waals surface area contributed by atoms with Crippen LogP contribution in [-0.2, 0) is 0 Å². The fraction of sp³-hybridized carbons (Fsp3) is 0.200. The standard InChI is InChI=1S/C15H16N2OS/c1-2-11-19-15-13(9-6-10-16-15)14(18)17-12-7-4-3-5-8-12/h3-10H,2,11H2,1H3,(H,17,18). The molecule has 2 rings (SSSR count). The van der Waals surface area contributed by atoms with E-state index >= 15 is 0 Å². The predicted octanol–water partition coefficient (Wildman–Crippen LogP) is 3.84. The SMILES string of the molecule is CCCSc1ncccc1C(=O)Nc1ccccc1. The molecule has 3 nitrogen and oxygen atoms in total. The van der Waals surface area contributed by atoms with Crippen LogP contribution in [0.25, 0.3) is 0 Å². The minimum atomic E-state index is -0.113. The zero-order valence-electron chi connectivity index (χ0n) is 10.8. The maximum absolute atomic E-state index is 12.2. The number of hydrogen-bond acceptors (Lipinski definition) is 3. The van der Waals surface area contributed by atoms with Gasteiger partial charge in [0.15, 0.2) is 0 Å². The van der Waals surface area contributed by atoms with Gasteiger partial charge in [-0.15, -0.1) is 11.8 Å². The highest BCUT2D eigenvalue weighted by Crippen LogP contribution is 2.21. The lowest BCUT2D eigenvalue weighted by Crippen LogP contribution is -2.13. The molecule has 1 heterocycles. The second-order valence-electron chi connectivity index (χ2n) is 4.02. The molecule has 1 aromatic heterocycles. The molecular weight excluding hydrogens is 256 g/mol. The minimum Gasteiger partial charge on any atom is -0.322 e. The first-order chi connectivity index (χ1) is 9.31. The van der Waals surface area contributed by atoms with Crippen LogP contribution in [-0.4, -0.2) is 16.6 Å². The molecule has 1 N–H and O–H groups in total. The van der Waals surface area contributed by atoms with Gasteiger partial charge in [-0.25, -0.2) is 4.98 Å². The summed E-state index contributed by atoms with van der Waals surface area (Å²) < 4.78 is 0. The average molecular weight is 272 g/mol. The lowest BCUT2D eigenvalue weighted by Gasteiger charge is -2.08. The minimum absolute atomic E-state index is 0.113. The molecule has 0 saturated heterocycles. The molecule has 0 fully saturated rings. The number of hydrogen-bond donors (Lipinski definition) is 1. The number of rotatable bonds is 5. The highest BCUT2D eigenvalue weighted by molar-refractivity contribution is 7.99. The van der Waals surface area contributed by atoms with Gasteiger partial charge in [0.1, 0.15) is 5.03 Å². The van der Waals surface area contributed by atoms with E-state index in [0.29, 0.717) is 5.56 Å². The van der Waals surface area contributed by atoms with Gasteiger partial charge in [-0.05, 0) is 36.4 Å². The molecule has 0 saturated carbocycles. The van der Waals surface area contributed by atoms with Crippen molar-refractivity contribution in [3.05, 3.63) is 54.2 Å². The van der Waals surface area contributed by atoms with Crippen molar-refractivity contribution in [2.75, 3.05) is 11.1 Å². The largest absolute Gasteiger partial charge is 0.322 e. The predicted molar refractivity (Wildman–Crippen MR) is 79.6 cm³/mol. The van der Waals surface area contributed by atoms with E-state index in [2.05, 4.69) is 17.2 Å². The maximum Gasteiger partial charge on any atom is 0.258 e. The third-order valence-electron chi connectivity index (χ3n) is 2.49. The number of nitrogens with zero attached hydrogens (tertiary/aromatic N) is 1. The summed E-state index contributed by atoms with van der Waals surface area (Å²) in [5.74, 6) is 0.848. The Morgan fingerprint density at radius 2 is 2.00 bits per heavy atom. The third-order valence-corrected chi connectivity index (χ3v) is 3.70. The Hall–Kier alpha value is -1.81. The molecule has 0 aliphatic carbocycles. The number of amides is 1. The van der Waals surface area contributed by atoms with Gasteiger partial charge < -0.3 is 5.32 Å². The third kappa shape index (κ3) is 3.83. The first-order valence-electron chi connectivity index (χ1n) is 6.25. The maximum atomic E-state index is 12.2. The van der Waals surface area contributed by atoms with E-state index in [-0.39, 0.29) is 5.91 Å². The summed E-state index contributed by atoms with van der Waals surface area (Å²) in [6.07, 6.45) is 2.78.